The molecule has 0 bridgehead atoms. The summed E-state index contributed by atoms with van der Waals surface area (Å²) >= 11 is 0. The van der Waals surface area contributed by atoms with Crippen LogP contribution in [0.1, 0.15) is 18.5 Å². The summed E-state index contributed by atoms with van der Waals surface area (Å²) in [4.78, 5) is 16.7. The Morgan fingerprint density at radius 1 is 1.25 bits per heavy atom. The predicted molar refractivity (Wildman–Crippen MR) is 105 cm³/mol. The number of pyridine rings is 1. The number of carbonyl (C=O) groups is 1. The van der Waals surface area contributed by atoms with E-state index in [1.165, 1.54) is 22.8 Å². The highest BCUT2D eigenvalue weighted by molar-refractivity contribution is 7.89. The number of aromatic nitrogens is 3. The van der Waals surface area contributed by atoms with E-state index in [9.17, 15) is 13.2 Å². The molecule has 0 radical (unpaired) electrons. The monoisotopic (exact) mass is 399 g/mol. The van der Waals surface area contributed by atoms with Crippen molar-refractivity contribution in [3.8, 4) is 0 Å². The molecule has 1 amide bonds. The van der Waals surface area contributed by atoms with E-state index in [2.05, 4.69) is 20.5 Å². The van der Waals surface area contributed by atoms with Gasteiger partial charge in [0, 0.05) is 48.2 Å². The molecular weight excluding hydrogens is 378 g/mol. The molecule has 8 nitrogen and oxygen atoms in total. The van der Waals surface area contributed by atoms with Gasteiger partial charge in [0.05, 0.1) is 5.52 Å². The number of amides is 1. The van der Waals surface area contributed by atoms with Gasteiger partial charge in [0.15, 0.2) is 0 Å². The lowest BCUT2D eigenvalue weighted by atomic mass is 9.97. The van der Waals surface area contributed by atoms with Crippen LogP contribution in [0.3, 0.4) is 0 Å². The Kier molecular flexibility index (Phi) is 4.86. The quantitative estimate of drug-likeness (QED) is 0.700. The second-order valence-electron chi connectivity index (χ2n) is 6.94. The molecule has 0 saturated carbocycles. The maximum atomic E-state index is 12.7. The molecule has 0 unspecified atom stereocenters. The SMILES string of the molecule is Cc1[nH]nc2cc(NC(=O)C3CCN(S(=O)(=O)c4cccnc4)CC3)ccc12. The number of hydrogen-bond acceptors (Lipinski definition) is 5. The fraction of sp³-hybridized carbons (Fsp3) is 0.316. The summed E-state index contributed by atoms with van der Waals surface area (Å²) in [6.45, 7) is 2.57. The van der Waals surface area contributed by atoms with Gasteiger partial charge in [-0.05, 0) is 50.1 Å². The number of nitrogens with one attached hydrogen (secondary N) is 2. The molecular formula is C19H21N5O3S. The number of nitrogens with zero attached hydrogens (tertiary/aromatic N) is 3. The van der Waals surface area contributed by atoms with Gasteiger partial charge in [0.2, 0.25) is 15.9 Å². The van der Waals surface area contributed by atoms with Crippen LogP contribution in [0.15, 0.2) is 47.6 Å². The lowest BCUT2D eigenvalue weighted by molar-refractivity contribution is -0.120. The molecule has 3 aromatic rings. The van der Waals surface area contributed by atoms with Crippen LogP contribution < -0.4 is 5.32 Å². The number of fused-ring (bicyclic) bond motifs is 1. The first-order valence-electron chi connectivity index (χ1n) is 9.11. The second-order valence-corrected chi connectivity index (χ2v) is 8.87. The van der Waals surface area contributed by atoms with Gasteiger partial charge in [-0.25, -0.2) is 8.42 Å². The van der Waals surface area contributed by atoms with E-state index in [-0.39, 0.29) is 16.7 Å². The summed E-state index contributed by atoms with van der Waals surface area (Å²) in [5.41, 5.74) is 2.47. The minimum absolute atomic E-state index is 0.0926. The van der Waals surface area contributed by atoms with E-state index < -0.39 is 10.0 Å². The van der Waals surface area contributed by atoms with Crippen LogP contribution in [0.25, 0.3) is 10.9 Å². The largest absolute Gasteiger partial charge is 0.326 e. The van der Waals surface area contributed by atoms with Crippen LogP contribution in [0.4, 0.5) is 5.69 Å². The number of rotatable bonds is 4. The van der Waals surface area contributed by atoms with Crippen LogP contribution in [0.5, 0.6) is 0 Å². The molecule has 4 rings (SSSR count). The van der Waals surface area contributed by atoms with Gasteiger partial charge in [0.25, 0.3) is 0 Å². The van der Waals surface area contributed by atoms with Crippen LogP contribution in [-0.2, 0) is 14.8 Å². The number of piperidine rings is 1. The van der Waals surface area contributed by atoms with Gasteiger partial charge >= 0.3 is 0 Å². The van der Waals surface area contributed by atoms with Crippen molar-refractivity contribution in [3.63, 3.8) is 0 Å². The smallest absolute Gasteiger partial charge is 0.244 e. The Morgan fingerprint density at radius 3 is 2.75 bits per heavy atom. The first kappa shape index (κ1) is 18.6. The zero-order valence-electron chi connectivity index (χ0n) is 15.4. The molecule has 2 N–H and O–H groups in total. The minimum atomic E-state index is -3.56. The number of hydrogen-bond donors (Lipinski definition) is 2. The third-order valence-corrected chi connectivity index (χ3v) is 6.99. The fourth-order valence-electron chi connectivity index (χ4n) is 3.47. The fourth-order valence-corrected chi connectivity index (χ4v) is 4.91. The Morgan fingerprint density at radius 2 is 2.04 bits per heavy atom. The molecule has 9 heteroatoms. The summed E-state index contributed by atoms with van der Waals surface area (Å²) in [6, 6.07) is 8.75. The number of sulfonamides is 1. The van der Waals surface area contributed by atoms with Crippen LogP contribution in [0.2, 0.25) is 0 Å². The van der Waals surface area contributed by atoms with Gasteiger partial charge in [-0.15, -0.1) is 0 Å². The Balaban J connectivity index is 1.39. The summed E-state index contributed by atoms with van der Waals surface area (Å²) in [6.07, 6.45) is 3.85. The van der Waals surface area contributed by atoms with Gasteiger partial charge in [-0.2, -0.15) is 9.40 Å². The third kappa shape index (κ3) is 3.50. The number of H-pyrrole nitrogens is 1. The van der Waals surface area contributed by atoms with E-state index >= 15 is 0 Å². The van der Waals surface area contributed by atoms with Crippen molar-refractivity contribution >= 4 is 32.5 Å². The molecule has 2 aromatic heterocycles. The van der Waals surface area contributed by atoms with Crippen molar-refractivity contribution in [1.29, 1.82) is 0 Å². The lowest BCUT2D eigenvalue weighted by Gasteiger charge is -2.30. The van der Waals surface area contributed by atoms with Crippen molar-refractivity contribution in [2.45, 2.75) is 24.7 Å². The minimum Gasteiger partial charge on any atom is -0.326 e. The van der Waals surface area contributed by atoms with Gasteiger partial charge in [-0.1, -0.05) is 0 Å². The van der Waals surface area contributed by atoms with Crippen molar-refractivity contribution in [2.24, 2.45) is 5.92 Å². The molecule has 28 heavy (non-hydrogen) atoms. The standard InChI is InChI=1S/C19H21N5O3S/c1-13-17-5-4-15(11-18(17)23-22-13)21-19(25)14-6-9-24(10-7-14)28(26,27)16-3-2-8-20-12-16/h2-5,8,11-12,14H,6-7,9-10H2,1H3,(H,21,25)(H,22,23). The molecule has 1 aromatic carbocycles. The summed E-state index contributed by atoms with van der Waals surface area (Å²) in [7, 11) is -3.56. The number of benzene rings is 1. The molecule has 1 saturated heterocycles. The van der Waals surface area contributed by atoms with Crippen molar-refractivity contribution in [3.05, 3.63) is 48.4 Å². The maximum Gasteiger partial charge on any atom is 0.244 e. The first-order chi connectivity index (χ1) is 13.4. The number of aromatic amines is 1. The van der Waals surface area contributed by atoms with E-state index in [0.29, 0.717) is 31.6 Å². The lowest BCUT2D eigenvalue weighted by Crippen LogP contribution is -2.41. The number of carbonyl (C=O) groups excluding carboxylic acids is 1. The van der Waals surface area contributed by atoms with E-state index in [1.54, 1.807) is 6.07 Å². The molecule has 0 spiro atoms. The Labute approximate surface area is 163 Å². The van der Waals surface area contributed by atoms with Gasteiger partial charge in [-0.3, -0.25) is 14.9 Å². The second kappa shape index (κ2) is 7.33. The van der Waals surface area contributed by atoms with E-state index in [1.807, 2.05) is 25.1 Å². The zero-order chi connectivity index (χ0) is 19.7. The van der Waals surface area contributed by atoms with Crippen LogP contribution >= 0.6 is 0 Å². The maximum absolute atomic E-state index is 12.7. The van der Waals surface area contributed by atoms with E-state index in [0.717, 1.165) is 16.6 Å². The predicted octanol–water partition coefficient (Wildman–Crippen LogP) is 2.31. The Bertz CT molecular complexity index is 1100. The molecule has 146 valence electrons. The normalized spacial score (nSPS) is 16.3. The molecule has 3 heterocycles. The number of anilines is 1. The van der Waals surface area contributed by atoms with Crippen LogP contribution in [0, 0.1) is 12.8 Å². The highest BCUT2D eigenvalue weighted by Gasteiger charge is 2.32. The highest BCUT2D eigenvalue weighted by Crippen LogP contribution is 2.25. The highest BCUT2D eigenvalue weighted by atomic mass is 32.2. The zero-order valence-corrected chi connectivity index (χ0v) is 16.2. The van der Waals surface area contributed by atoms with Gasteiger partial charge in [0.1, 0.15) is 4.90 Å². The topological polar surface area (TPSA) is 108 Å². The summed E-state index contributed by atoms with van der Waals surface area (Å²) < 4.78 is 26.7. The average molecular weight is 399 g/mol. The summed E-state index contributed by atoms with van der Waals surface area (Å²) in [5, 5.41) is 11.1. The van der Waals surface area contributed by atoms with Gasteiger partial charge < -0.3 is 5.32 Å². The van der Waals surface area contributed by atoms with E-state index in [4.69, 9.17) is 0 Å². The summed E-state index contributed by atoms with van der Waals surface area (Å²) in [5.74, 6) is -0.318. The van der Waals surface area contributed by atoms with Crippen molar-refractivity contribution < 1.29 is 13.2 Å². The van der Waals surface area contributed by atoms with Crippen molar-refractivity contribution in [1.82, 2.24) is 19.5 Å². The average Bonchev–Trinajstić information content (AvgIpc) is 3.09. The molecule has 0 atom stereocenters. The van der Waals surface area contributed by atoms with Crippen LogP contribution in [-0.4, -0.2) is 46.9 Å². The molecule has 0 aliphatic carbocycles. The Hall–Kier alpha value is -2.78. The molecule has 1 aliphatic heterocycles. The molecule has 1 fully saturated rings. The third-order valence-electron chi connectivity index (χ3n) is 5.11. The molecule has 1 aliphatic rings. The van der Waals surface area contributed by atoms with Crippen molar-refractivity contribution in [2.75, 3.05) is 18.4 Å². The first-order valence-corrected chi connectivity index (χ1v) is 10.5. The number of aryl methyl sites for hydroxylation is 1.